The van der Waals surface area contributed by atoms with Crippen LogP contribution in [-0.4, -0.2) is 24.0 Å². The standard InChI is InChI=1S/C20H18N6O5S/c1-11-6-2-4-8-13(11)23-26-19-17(21)15(10-16(18(19)22)32(29,30)31)25-24-14-9-5-3-7-12(14)20(27)28/h2-10H,21-22H2,1H3,(H,27,28)(H,29,30,31)/b25-24+,26-23+. The quantitative estimate of drug-likeness (QED) is 0.230. The molecule has 0 saturated carbocycles. The van der Waals surface area contributed by atoms with Gasteiger partial charge in [0.25, 0.3) is 10.1 Å². The molecule has 0 atom stereocenters. The van der Waals surface area contributed by atoms with E-state index in [1.165, 1.54) is 18.2 Å². The first-order valence-corrected chi connectivity index (χ1v) is 10.4. The van der Waals surface area contributed by atoms with Gasteiger partial charge in [-0.3, -0.25) is 4.55 Å². The van der Waals surface area contributed by atoms with Crippen LogP contribution in [0.5, 0.6) is 0 Å². The number of benzene rings is 3. The van der Waals surface area contributed by atoms with Gasteiger partial charge >= 0.3 is 5.97 Å². The van der Waals surface area contributed by atoms with Crippen LogP contribution in [0, 0.1) is 6.92 Å². The Labute approximate surface area is 182 Å². The number of nitrogens with two attached hydrogens (primary N) is 2. The summed E-state index contributed by atoms with van der Waals surface area (Å²) in [7, 11) is -4.77. The molecule has 3 aromatic carbocycles. The highest BCUT2D eigenvalue weighted by Crippen LogP contribution is 2.43. The lowest BCUT2D eigenvalue weighted by Gasteiger charge is -2.10. The van der Waals surface area contributed by atoms with Crippen molar-refractivity contribution in [2.45, 2.75) is 11.8 Å². The fourth-order valence-corrected chi connectivity index (χ4v) is 3.33. The summed E-state index contributed by atoms with van der Waals surface area (Å²) in [6, 6.07) is 13.7. The van der Waals surface area contributed by atoms with E-state index in [1.807, 2.05) is 6.07 Å². The third kappa shape index (κ3) is 4.77. The number of azo groups is 2. The first-order chi connectivity index (χ1) is 15.1. The smallest absolute Gasteiger partial charge is 0.337 e. The second-order valence-corrected chi connectivity index (χ2v) is 7.94. The van der Waals surface area contributed by atoms with Gasteiger partial charge in [0.2, 0.25) is 0 Å². The molecule has 0 bridgehead atoms. The van der Waals surface area contributed by atoms with E-state index in [2.05, 4.69) is 20.5 Å². The van der Waals surface area contributed by atoms with Crippen LogP contribution in [0.25, 0.3) is 0 Å². The van der Waals surface area contributed by atoms with Crippen LogP contribution in [0.3, 0.4) is 0 Å². The molecule has 0 unspecified atom stereocenters. The van der Waals surface area contributed by atoms with E-state index in [0.29, 0.717) is 5.69 Å². The van der Waals surface area contributed by atoms with E-state index in [9.17, 15) is 22.9 Å². The molecule has 0 aliphatic rings. The molecule has 0 aromatic heterocycles. The number of carboxylic acid groups (broad SMARTS) is 1. The zero-order valence-electron chi connectivity index (χ0n) is 16.7. The molecule has 3 aromatic rings. The minimum Gasteiger partial charge on any atom is -0.478 e. The molecule has 0 spiro atoms. The maximum absolute atomic E-state index is 11.8. The number of aryl methyl sites for hydroxylation is 1. The number of aromatic carboxylic acids is 1. The normalized spacial score (nSPS) is 11.9. The Morgan fingerprint density at radius 1 is 0.844 bits per heavy atom. The molecule has 0 radical (unpaired) electrons. The maximum Gasteiger partial charge on any atom is 0.337 e. The van der Waals surface area contributed by atoms with Crippen molar-refractivity contribution in [2.24, 2.45) is 20.5 Å². The van der Waals surface area contributed by atoms with Gasteiger partial charge in [0.1, 0.15) is 22.0 Å². The van der Waals surface area contributed by atoms with Crippen LogP contribution >= 0.6 is 0 Å². The summed E-state index contributed by atoms with van der Waals surface area (Å²) in [5, 5.41) is 25.0. The molecule has 0 saturated heterocycles. The molecule has 0 amide bonds. The number of hydrogen-bond acceptors (Lipinski definition) is 9. The van der Waals surface area contributed by atoms with Gasteiger partial charge in [-0.05, 0) is 36.8 Å². The first-order valence-electron chi connectivity index (χ1n) is 9.00. The molecule has 32 heavy (non-hydrogen) atoms. The molecule has 0 heterocycles. The van der Waals surface area contributed by atoms with E-state index in [4.69, 9.17) is 11.5 Å². The molecule has 0 aliphatic carbocycles. The number of carbonyl (C=O) groups is 1. The summed E-state index contributed by atoms with van der Waals surface area (Å²) < 4.78 is 33.2. The maximum atomic E-state index is 11.8. The summed E-state index contributed by atoms with van der Waals surface area (Å²) in [5.74, 6) is -1.23. The van der Waals surface area contributed by atoms with Crippen LogP contribution in [-0.2, 0) is 10.1 Å². The summed E-state index contributed by atoms with van der Waals surface area (Å²) >= 11 is 0. The van der Waals surface area contributed by atoms with E-state index < -0.39 is 26.7 Å². The number of hydrogen-bond donors (Lipinski definition) is 4. The third-order valence-corrected chi connectivity index (χ3v) is 5.26. The summed E-state index contributed by atoms with van der Waals surface area (Å²) in [4.78, 5) is 10.7. The van der Waals surface area contributed by atoms with Gasteiger partial charge in [-0.2, -0.15) is 13.5 Å². The van der Waals surface area contributed by atoms with Crippen molar-refractivity contribution in [3.05, 3.63) is 65.7 Å². The number of anilines is 2. The third-order valence-electron chi connectivity index (χ3n) is 4.37. The predicted molar refractivity (Wildman–Crippen MR) is 118 cm³/mol. The predicted octanol–water partition coefficient (Wildman–Crippen LogP) is 4.94. The van der Waals surface area contributed by atoms with Crippen molar-refractivity contribution < 1.29 is 22.9 Å². The highest BCUT2D eigenvalue weighted by molar-refractivity contribution is 7.86. The second-order valence-electron chi connectivity index (χ2n) is 6.55. The Bertz CT molecular complexity index is 1370. The number of rotatable bonds is 6. The zero-order valence-corrected chi connectivity index (χ0v) is 17.5. The van der Waals surface area contributed by atoms with E-state index >= 15 is 0 Å². The van der Waals surface area contributed by atoms with E-state index in [0.717, 1.165) is 11.6 Å². The molecule has 164 valence electrons. The molecular formula is C20H18N6O5S. The van der Waals surface area contributed by atoms with E-state index in [1.54, 1.807) is 31.2 Å². The average Bonchev–Trinajstić information content (AvgIpc) is 2.73. The van der Waals surface area contributed by atoms with Gasteiger partial charge in [0, 0.05) is 0 Å². The Hall–Kier alpha value is -4.16. The lowest BCUT2D eigenvalue weighted by atomic mass is 10.2. The summed E-state index contributed by atoms with van der Waals surface area (Å²) in [6.45, 7) is 1.80. The van der Waals surface area contributed by atoms with E-state index in [-0.39, 0.29) is 28.3 Å². The van der Waals surface area contributed by atoms with Crippen LogP contribution < -0.4 is 11.5 Å². The Balaban J connectivity index is 2.17. The van der Waals surface area contributed by atoms with Crippen molar-refractivity contribution in [3.8, 4) is 0 Å². The highest BCUT2D eigenvalue weighted by Gasteiger charge is 2.22. The van der Waals surface area contributed by atoms with Gasteiger partial charge in [0.05, 0.1) is 22.6 Å². The van der Waals surface area contributed by atoms with Crippen LogP contribution in [0.15, 0.2) is 79.9 Å². The minimum atomic E-state index is -4.77. The molecule has 11 nitrogen and oxygen atoms in total. The topological polar surface area (TPSA) is 193 Å². The van der Waals surface area contributed by atoms with Crippen LogP contribution in [0.2, 0.25) is 0 Å². The lowest BCUT2D eigenvalue weighted by Crippen LogP contribution is -2.05. The summed E-state index contributed by atoms with van der Waals surface area (Å²) in [6.07, 6.45) is 0. The average molecular weight is 454 g/mol. The molecule has 6 N–H and O–H groups in total. The van der Waals surface area contributed by atoms with Crippen molar-refractivity contribution >= 4 is 50.2 Å². The molecule has 0 aliphatic heterocycles. The number of nitrogen functional groups attached to an aromatic ring is 2. The zero-order chi connectivity index (χ0) is 23.5. The highest BCUT2D eigenvalue weighted by atomic mass is 32.2. The SMILES string of the molecule is Cc1ccccc1/N=N/c1c(N)c(/N=N/c2ccccc2C(=O)O)cc(S(=O)(=O)O)c1N. The number of nitrogens with zero attached hydrogens (tertiary/aromatic N) is 4. The van der Waals surface area contributed by atoms with Crippen molar-refractivity contribution in [3.63, 3.8) is 0 Å². The van der Waals surface area contributed by atoms with Gasteiger partial charge in [0.15, 0.2) is 0 Å². The van der Waals surface area contributed by atoms with Gasteiger partial charge in [-0.25, -0.2) is 4.79 Å². The van der Waals surface area contributed by atoms with Crippen molar-refractivity contribution in [1.82, 2.24) is 0 Å². The largest absolute Gasteiger partial charge is 0.478 e. The minimum absolute atomic E-state index is 0.00715. The van der Waals surface area contributed by atoms with Gasteiger partial charge in [-0.1, -0.05) is 30.3 Å². The van der Waals surface area contributed by atoms with Gasteiger partial charge in [-0.15, -0.1) is 15.3 Å². The monoisotopic (exact) mass is 454 g/mol. The number of carboxylic acids is 1. The summed E-state index contributed by atoms with van der Waals surface area (Å²) in [5.41, 5.74) is 12.1. The van der Waals surface area contributed by atoms with Crippen LogP contribution in [0.1, 0.15) is 15.9 Å². The first kappa shape index (κ1) is 22.5. The fourth-order valence-electron chi connectivity index (χ4n) is 2.70. The molecule has 12 heteroatoms. The lowest BCUT2D eigenvalue weighted by molar-refractivity contribution is 0.0697. The molecule has 0 fully saturated rings. The van der Waals surface area contributed by atoms with Crippen molar-refractivity contribution in [1.29, 1.82) is 0 Å². The molecule has 3 rings (SSSR count). The molecular weight excluding hydrogens is 436 g/mol. The second kappa shape index (κ2) is 8.91. The van der Waals surface area contributed by atoms with Gasteiger partial charge < -0.3 is 16.6 Å². The van der Waals surface area contributed by atoms with Crippen LogP contribution in [0.4, 0.5) is 34.1 Å². The fraction of sp³-hybridized carbons (Fsp3) is 0.0500. The van der Waals surface area contributed by atoms with Crippen molar-refractivity contribution in [2.75, 3.05) is 11.5 Å². The Kier molecular flexibility index (Phi) is 6.27. The Morgan fingerprint density at radius 2 is 1.41 bits per heavy atom. The Morgan fingerprint density at radius 3 is 2.03 bits per heavy atom.